The topological polar surface area (TPSA) is 246 Å². The maximum Gasteiger partial charge on any atom is 0.427 e. The first kappa shape index (κ1) is 51.3. The molecule has 2 N–H and O–H groups in total. The van der Waals surface area contributed by atoms with E-state index in [0.717, 1.165) is 9.13 Å². The standard InChI is InChI=1S/C25H30ClF3N8O5.C15H14ClF3N8O/c1-23(2,3)41-21(38)37(22(39)42-24(4,5)6)20-30-11-14(12-31-20)16-33-17(35-7-9-40-10-8-35)15-18(34-16)36(19(26)32-15)13-25(27,28)29;16-13-23-9-11(26-1-3-28-4-2-26)24-10(8-5-21-14(20)22-6-8)25-12(9)27(13)7-15(17,18)19/h11-12H,7-10,13H2,1-6H3;5-6H,1-4,7H2,(H2,20,21,22). The van der Waals surface area contributed by atoms with E-state index in [2.05, 4.69) is 49.8 Å². The minimum atomic E-state index is -4.60. The molecule has 0 bridgehead atoms. The Morgan fingerprint density at radius 3 is 1.31 bits per heavy atom. The van der Waals surface area contributed by atoms with E-state index in [0.29, 0.717) is 68.9 Å². The molecule has 30 heteroatoms. The Hall–Kier alpha value is -6.52. The van der Waals surface area contributed by atoms with Crippen molar-refractivity contribution < 1.29 is 54.9 Å². The number of carbonyl (C=O) groups is 2. The van der Waals surface area contributed by atoms with Crippen molar-refractivity contribution in [3.8, 4) is 22.8 Å². The number of ether oxygens (including phenoxy) is 4. The predicted molar refractivity (Wildman–Crippen MR) is 240 cm³/mol. The van der Waals surface area contributed by atoms with Gasteiger partial charge in [-0.15, -0.1) is 4.90 Å². The highest BCUT2D eigenvalue weighted by atomic mass is 35.5. The third kappa shape index (κ3) is 12.6. The van der Waals surface area contributed by atoms with Gasteiger partial charge in [0.2, 0.25) is 22.5 Å². The van der Waals surface area contributed by atoms with Crippen LogP contribution in [0.3, 0.4) is 0 Å². The van der Waals surface area contributed by atoms with Crippen molar-refractivity contribution >= 4 is 81.2 Å². The molecule has 6 aromatic heterocycles. The number of morpholine rings is 2. The molecule has 2 aliphatic rings. The fraction of sp³-hybridized carbons (Fsp3) is 0.500. The molecule has 0 aliphatic carbocycles. The second-order valence-corrected chi connectivity index (χ2v) is 18.0. The zero-order valence-electron chi connectivity index (χ0n) is 38.1. The molecule has 6 aromatic rings. The summed E-state index contributed by atoms with van der Waals surface area (Å²) in [7, 11) is 0. The number of imide groups is 1. The molecule has 70 heavy (non-hydrogen) atoms. The first-order chi connectivity index (χ1) is 32.7. The van der Waals surface area contributed by atoms with Gasteiger partial charge >= 0.3 is 24.5 Å². The molecule has 376 valence electrons. The Kier molecular flexibility index (Phi) is 14.7. The lowest BCUT2D eigenvalue weighted by molar-refractivity contribution is -0.140. The lowest BCUT2D eigenvalue weighted by Crippen LogP contribution is -2.44. The first-order valence-corrected chi connectivity index (χ1v) is 21.8. The van der Waals surface area contributed by atoms with Gasteiger partial charge in [-0.05, 0) is 64.7 Å². The summed E-state index contributed by atoms with van der Waals surface area (Å²) in [5.41, 5.74) is 4.30. The number of rotatable bonds is 7. The van der Waals surface area contributed by atoms with Crippen LogP contribution in [0.4, 0.5) is 59.5 Å². The number of nitrogen functional groups attached to an aromatic ring is 1. The van der Waals surface area contributed by atoms with Gasteiger partial charge in [0.05, 0.1) is 37.6 Å². The predicted octanol–water partition coefficient (Wildman–Crippen LogP) is 6.93. The van der Waals surface area contributed by atoms with Crippen molar-refractivity contribution in [3.63, 3.8) is 0 Å². The lowest BCUT2D eigenvalue weighted by atomic mass is 10.2. The number of nitrogens with two attached hydrogens (primary N) is 1. The van der Waals surface area contributed by atoms with Gasteiger partial charge in [0.25, 0.3) is 0 Å². The monoisotopic (exact) mass is 1030 g/mol. The molecule has 2 amide bonds. The Morgan fingerprint density at radius 2 is 0.971 bits per heavy atom. The Balaban J connectivity index is 0.000000223. The summed E-state index contributed by atoms with van der Waals surface area (Å²) >= 11 is 12.1. The Bertz CT molecular complexity index is 2820. The Labute approximate surface area is 403 Å². The fourth-order valence-corrected chi connectivity index (χ4v) is 7.12. The number of halogens is 8. The van der Waals surface area contributed by atoms with Crippen LogP contribution in [0, 0.1) is 0 Å². The van der Waals surface area contributed by atoms with Gasteiger partial charge in [0.15, 0.2) is 45.6 Å². The molecular weight excluding hydrogens is 985 g/mol. The van der Waals surface area contributed by atoms with E-state index in [1.807, 2.05) is 4.90 Å². The number of nitrogens with zero attached hydrogens (tertiary/aromatic N) is 15. The molecule has 2 saturated heterocycles. The van der Waals surface area contributed by atoms with E-state index >= 15 is 0 Å². The molecular formula is C40H44Cl2F6N16O6. The van der Waals surface area contributed by atoms with Gasteiger partial charge in [0, 0.05) is 51.0 Å². The Morgan fingerprint density at radius 1 is 0.614 bits per heavy atom. The average Bonchev–Trinajstić information content (AvgIpc) is 3.75. The van der Waals surface area contributed by atoms with Crippen LogP contribution in [-0.4, -0.2) is 147 Å². The molecule has 0 spiro atoms. The third-order valence-corrected chi connectivity index (χ3v) is 10.1. The fourth-order valence-electron chi connectivity index (χ4n) is 6.67. The molecule has 0 atom stereocenters. The maximum absolute atomic E-state index is 13.4. The van der Waals surface area contributed by atoms with Crippen LogP contribution in [-0.2, 0) is 32.0 Å². The molecule has 8 heterocycles. The maximum atomic E-state index is 13.4. The summed E-state index contributed by atoms with van der Waals surface area (Å²) in [5.74, 6) is 0.452. The largest absolute Gasteiger partial charge is 0.443 e. The highest BCUT2D eigenvalue weighted by molar-refractivity contribution is 6.29. The zero-order valence-corrected chi connectivity index (χ0v) is 39.7. The van der Waals surface area contributed by atoms with Crippen molar-refractivity contribution in [1.29, 1.82) is 0 Å². The zero-order chi connectivity index (χ0) is 50.9. The molecule has 0 radical (unpaired) electrons. The average molecular weight is 1030 g/mol. The molecule has 8 rings (SSSR count). The second kappa shape index (κ2) is 20.1. The van der Waals surface area contributed by atoms with E-state index in [-0.39, 0.29) is 62.5 Å². The number of anilines is 4. The van der Waals surface area contributed by atoms with E-state index in [4.69, 9.17) is 47.9 Å². The van der Waals surface area contributed by atoms with Crippen molar-refractivity contribution in [1.82, 2.24) is 59.0 Å². The summed E-state index contributed by atoms with van der Waals surface area (Å²) in [6.07, 6.45) is -5.98. The van der Waals surface area contributed by atoms with Crippen LogP contribution in [0.2, 0.25) is 10.6 Å². The van der Waals surface area contributed by atoms with Crippen LogP contribution in [0.5, 0.6) is 0 Å². The highest BCUT2D eigenvalue weighted by Crippen LogP contribution is 2.34. The van der Waals surface area contributed by atoms with Gasteiger partial charge < -0.3 is 34.5 Å². The minimum absolute atomic E-state index is 0.0226. The smallest absolute Gasteiger partial charge is 0.427 e. The van der Waals surface area contributed by atoms with Gasteiger partial charge in [0.1, 0.15) is 24.3 Å². The molecule has 0 unspecified atom stereocenters. The number of imidazole rings is 2. The number of fused-ring (bicyclic) bond motifs is 2. The highest BCUT2D eigenvalue weighted by Gasteiger charge is 2.36. The summed E-state index contributed by atoms with van der Waals surface area (Å²) in [6, 6.07) is 0. The molecule has 2 fully saturated rings. The van der Waals surface area contributed by atoms with Crippen molar-refractivity contribution in [2.24, 2.45) is 0 Å². The van der Waals surface area contributed by atoms with Crippen LogP contribution >= 0.6 is 23.2 Å². The SMILES string of the molecule is CC(C)(C)OC(=O)N(C(=O)OC(C)(C)C)c1ncc(-c2nc(N3CCOCC3)c3nc(Cl)n(CC(F)(F)F)c3n2)cn1.Nc1ncc(-c2nc(N3CCOCC3)c3nc(Cl)n(CC(F)(F)F)c3n2)cn1. The van der Waals surface area contributed by atoms with Crippen LogP contribution in [0.25, 0.3) is 45.1 Å². The molecule has 0 aromatic carbocycles. The van der Waals surface area contributed by atoms with E-state index in [1.54, 1.807) is 46.4 Å². The number of alkyl halides is 6. The second-order valence-electron chi connectivity index (χ2n) is 17.3. The van der Waals surface area contributed by atoms with Crippen LogP contribution in [0.15, 0.2) is 24.8 Å². The molecule has 2 aliphatic heterocycles. The number of hydrogen-bond donors (Lipinski definition) is 1. The van der Waals surface area contributed by atoms with Crippen molar-refractivity contribution in [3.05, 3.63) is 35.4 Å². The normalized spacial score (nSPS) is 14.9. The van der Waals surface area contributed by atoms with Crippen LogP contribution in [0.1, 0.15) is 41.5 Å². The van der Waals surface area contributed by atoms with Gasteiger partial charge in [-0.1, -0.05) is 0 Å². The summed E-state index contributed by atoms with van der Waals surface area (Å²) in [4.78, 5) is 72.0. The van der Waals surface area contributed by atoms with Gasteiger partial charge in [-0.25, -0.2) is 59.4 Å². The van der Waals surface area contributed by atoms with Gasteiger partial charge in [-0.2, -0.15) is 26.3 Å². The van der Waals surface area contributed by atoms with Crippen molar-refractivity contribution in [2.45, 2.75) is 78.2 Å². The number of amides is 2. The molecule has 0 saturated carbocycles. The number of carbonyl (C=O) groups excluding carboxylic acids is 2. The quantitative estimate of drug-likeness (QED) is 0.126. The summed E-state index contributed by atoms with van der Waals surface area (Å²) < 4.78 is 102. The van der Waals surface area contributed by atoms with E-state index in [9.17, 15) is 35.9 Å². The summed E-state index contributed by atoms with van der Waals surface area (Å²) in [6.45, 7) is 10.5. The van der Waals surface area contributed by atoms with E-state index < -0.39 is 54.1 Å². The third-order valence-electron chi connectivity index (χ3n) is 9.53. The summed E-state index contributed by atoms with van der Waals surface area (Å²) in [5, 5.41) is -0.720. The van der Waals surface area contributed by atoms with Gasteiger partial charge in [-0.3, -0.25) is 9.13 Å². The molecule has 22 nitrogen and oxygen atoms in total. The number of aromatic nitrogens is 12. The lowest BCUT2D eigenvalue weighted by Gasteiger charge is -2.28. The first-order valence-electron chi connectivity index (χ1n) is 21.1. The van der Waals surface area contributed by atoms with E-state index in [1.165, 1.54) is 24.8 Å². The minimum Gasteiger partial charge on any atom is -0.443 e. The number of hydrogen-bond acceptors (Lipinski definition) is 19. The van der Waals surface area contributed by atoms with Crippen LogP contribution < -0.4 is 20.4 Å². The van der Waals surface area contributed by atoms with Crippen molar-refractivity contribution in [2.75, 3.05) is 73.0 Å².